The summed E-state index contributed by atoms with van der Waals surface area (Å²) in [7, 11) is 1.71. The third-order valence-corrected chi connectivity index (χ3v) is 4.80. The number of aliphatic hydroxyl groups excluding tert-OH is 4. The van der Waals surface area contributed by atoms with Crippen molar-refractivity contribution in [2.45, 2.75) is 67.8 Å². The van der Waals surface area contributed by atoms with Crippen molar-refractivity contribution >= 4 is 5.91 Å². The number of hydrogen-bond acceptors (Lipinski definition) is 12. The van der Waals surface area contributed by atoms with Crippen LogP contribution in [0, 0.1) is 0 Å². The van der Waals surface area contributed by atoms with Crippen molar-refractivity contribution in [3.05, 3.63) is 0 Å². The predicted molar refractivity (Wildman–Crippen MR) is 94.1 cm³/mol. The molecular weight excluding hydrogens is 378 g/mol. The molecule has 0 aromatic carbocycles. The van der Waals surface area contributed by atoms with Crippen LogP contribution in [-0.2, 0) is 19.0 Å². The van der Waals surface area contributed by atoms with E-state index in [2.05, 4.69) is 10.6 Å². The van der Waals surface area contributed by atoms with E-state index in [4.69, 9.17) is 31.4 Å². The van der Waals surface area contributed by atoms with Crippen LogP contribution in [0.5, 0.6) is 0 Å². The minimum Gasteiger partial charge on any atom is -0.388 e. The topological polar surface area (TPSA) is 228 Å². The van der Waals surface area contributed by atoms with Gasteiger partial charge in [-0.05, 0) is 7.05 Å². The van der Waals surface area contributed by atoms with Crippen LogP contribution in [-0.4, -0.2) is 108 Å². The minimum absolute atomic E-state index is 0.101. The second kappa shape index (κ2) is 10.2. The molecule has 0 aromatic rings. The van der Waals surface area contributed by atoms with Gasteiger partial charge < -0.3 is 62.5 Å². The highest BCUT2D eigenvalue weighted by Gasteiger charge is 2.48. The number of hydrogen-bond donors (Lipinski definition) is 9. The molecule has 0 radical (unpaired) electrons. The Balaban J connectivity index is 2.00. The maximum Gasteiger partial charge on any atom is 0.221 e. The first-order valence-corrected chi connectivity index (χ1v) is 9.04. The van der Waals surface area contributed by atoms with Crippen LogP contribution in [0.25, 0.3) is 0 Å². The lowest BCUT2D eigenvalue weighted by atomic mass is 9.96. The molecule has 0 saturated carbocycles. The molecular formula is C15H31N5O8. The zero-order chi connectivity index (χ0) is 21.0. The second-order valence-electron chi connectivity index (χ2n) is 6.91. The monoisotopic (exact) mass is 409 g/mol. The van der Waals surface area contributed by atoms with E-state index < -0.39 is 61.4 Å². The van der Waals surface area contributed by atoms with E-state index in [1.165, 1.54) is 0 Å². The summed E-state index contributed by atoms with van der Waals surface area (Å²) in [6.45, 7) is 0.373. The average Bonchev–Trinajstić information content (AvgIpc) is 2.66. The van der Waals surface area contributed by atoms with Gasteiger partial charge in [0.05, 0.1) is 6.04 Å². The van der Waals surface area contributed by atoms with Gasteiger partial charge in [-0.15, -0.1) is 0 Å². The SMILES string of the molecule is CNCCC(=O)NCC1O[C@H](O[C@@H]2C(N)O[C@@H](N)C(O)[C@H]2O)C(N)[C@@H](O)[C@@H]1O. The van der Waals surface area contributed by atoms with Crippen molar-refractivity contribution in [2.75, 3.05) is 20.1 Å². The number of nitrogens with two attached hydrogens (primary N) is 3. The van der Waals surface area contributed by atoms with E-state index in [0.717, 1.165) is 0 Å². The highest BCUT2D eigenvalue weighted by Crippen LogP contribution is 2.26. The molecule has 2 aliphatic heterocycles. The Hall–Kier alpha value is -0.970. The maximum atomic E-state index is 11.7. The van der Waals surface area contributed by atoms with E-state index in [1.807, 2.05) is 0 Å². The lowest BCUT2D eigenvalue weighted by Gasteiger charge is -2.45. The van der Waals surface area contributed by atoms with Crippen LogP contribution >= 0.6 is 0 Å². The summed E-state index contributed by atoms with van der Waals surface area (Å²) in [5.74, 6) is -0.276. The van der Waals surface area contributed by atoms with Crippen molar-refractivity contribution < 1.29 is 39.4 Å². The predicted octanol–water partition coefficient (Wildman–Crippen LogP) is -5.81. The third-order valence-electron chi connectivity index (χ3n) is 4.80. The Morgan fingerprint density at radius 2 is 1.68 bits per heavy atom. The van der Waals surface area contributed by atoms with E-state index in [1.54, 1.807) is 7.05 Å². The van der Waals surface area contributed by atoms with Crippen LogP contribution in [0.3, 0.4) is 0 Å². The number of aliphatic hydroxyl groups is 4. The first-order chi connectivity index (χ1) is 13.2. The lowest BCUT2D eigenvalue weighted by molar-refractivity contribution is -0.313. The van der Waals surface area contributed by atoms with Gasteiger partial charge in [-0.1, -0.05) is 0 Å². The van der Waals surface area contributed by atoms with Crippen LogP contribution < -0.4 is 27.8 Å². The summed E-state index contributed by atoms with van der Waals surface area (Å²) >= 11 is 0. The minimum atomic E-state index is -1.49. The molecule has 2 saturated heterocycles. The van der Waals surface area contributed by atoms with Gasteiger partial charge in [-0.2, -0.15) is 0 Å². The Morgan fingerprint density at radius 3 is 2.32 bits per heavy atom. The van der Waals surface area contributed by atoms with Gasteiger partial charge >= 0.3 is 0 Å². The number of nitrogens with one attached hydrogen (secondary N) is 2. The molecule has 2 rings (SSSR count). The molecule has 13 nitrogen and oxygen atoms in total. The fraction of sp³-hybridized carbons (Fsp3) is 0.933. The quantitative estimate of drug-likeness (QED) is 0.191. The average molecular weight is 409 g/mol. The Morgan fingerprint density at radius 1 is 1.00 bits per heavy atom. The molecule has 13 heteroatoms. The van der Waals surface area contributed by atoms with Crippen LogP contribution in [0.15, 0.2) is 0 Å². The summed E-state index contributed by atoms with van der Waals surface area (Å²) in [5.41, 5.74) is 17.1. The summed E-state index contributed by atoms with van der Waals surface area (Å²) in [4.78, 5) is 11.7. The van der Waals surface area contributed by atoms with E-state index in [9.17, 15) is 25.2 Å². The van der Waals surface area contributed by atoms with Crippen LogP contribution in [0.2, 0.25) is 0 Å². The number of ether oxygens (including phenoxy) is 3. The molecule has 12 N–H and O–H groups in total. The van der Waals surface area contributed by atoms with Crippen molar-refractivity contribution in [3.63, 3.8) is 0 Å². The van der Waals surface area contributed by atoms with E-state index in [0.29, 0.717) is 6.54 Å². The highest BCUT2D eigenvalue weighted by atomic mass is 16.7. The Bertz CT molecular complexity index is 517. The smallest absolute Gasteiger partial charge is 0.221 e. The molecule has 2 fully saturated rings. The lowest BCUT2D eigenvalue weighted by Crippen LogP contribution is -2.68. The van der Waals surface area contributed by atoms with Gasteiger partial charge in [0.15, 0.2) is 6.29 Å². The van der Waals surface area contributed by atoms with Gasteiger partial charge in [0, 0.05) is 19.5 Å². The van der Waals surface area contributed by atoms with Crippen molar-refractivity contribution in [1.29, 1.82) is 0 Å². The number of rotatable bonds is 7. The van der Waals surface area contributed by atoms with Gasteiger partial charge in [0.25, 0.3) is 0 Å². The largest absolute Gasteiger partial charge is 0.388 e. The first kappa shape index (κ1) is 23.3. The van der Waals surface area contributed by atoms with Crippen molar-refractivity contribution in [1.82, 2.24) is 10.6 Å². The fourth-order valence-electron chi connectivity index (χ4n) is 3.02. The molecule has 10 atom stereocenters. The van der Waals surface area contributed by atoms with E-state index >= 15 is 0 Å². The van der Waals surface area contributed by atoms with Crippen molar-refractivity contribution in [2.24, 2.45) is 17.2 Å². The molecule has 2 heterocycles. The molecule has 2 aliphatic rings. The Labute approximate surface area is 162 Å². The van der Waals surface area contributed by atoms with Crippen molar-refractivity contribution in [3.8, 4) is 0 Å². The summed E-state index contributed by atoms with van der Waals surface area (Å²) < 4.78 is 16.2. The molecule has 164 valence electrons. The zero-order valence-corrected chi connectivity index (χ0v) is 15.5. The summed E-state index contributed by atoms with van der Waals surface area (Å²) in [6.07, 6.45) is -11.5. The standard InChI is InChI=1S/C15H31N5O8/c1-19-3-2-6(21)20-4-5-8(22)9(23)7(16)15(26-5)27-12-10(24)11(25)13(17)28-14(12)18/h5,7-15,19,22-25H,2-4,16-18H2,1H3,(H,20,21)/t5?,7?,8-,9-,10-,11?,12+,13-,14?,15-/m1/s1. The fourth-order valence-corrected chi connectivity index (χ4v) is 3.02. The summed E-state index contributed by atoms with van der Waals surface area (Å²) in [6, 6.07) is -1.18. The molecule has 1 amide bonds. The van der Waals surface area contributed by atoms with Crippen LogP contribution in [0.1, 0.15) is 6.42 Å². The molecule has 0 spiro atoms. The number of amides is 1. The molecule has 0 aromatic heterocycles. The van der Waals surface area contributed by atoms with Gasteiger partial charge in [-0.3, -0.25) is 4.79 Å². The molecule has 0 bridgehead atoms. The zero-order valence-electron chi connectivity index (χ0n) is 15.5. The highest BCUT2D eigenvalue weighted by molar-refractivity contribution is 5.76. The number of carbonyl (C=O) groups is 1. The van der Waals surface area contributed by atoms with Gasteiger partial charge in [0.2, 0.25) is 5.91 Å². The van der Waals surface area contributed by atoms with E-state index in [-0.39, 0.29) is 18.9 Å². The van der Waals surface area contributed by atoms with Crippen LogP contribution in [0.4, 0.5) is 0 Å². The number of carbonyl (C=O) groups excluding carboxylic acids is 1. The molecule has 4 unspecified atom stereocenters. The first-order valence-electron chi connectivity index (χ1n) is 9.04. The third kappa shape index (κ3) is 5.34. The molecule has 0 aliphatic carbocycles. The van der Waals surface area contributed by atoms with Gasteiger partial charge in [0.1, 0.15) is 49.1 Å². The molecule has 28 heavy (non-hydrogen) atoms. The normalized spacial score (nSPS) is 44.3. The summed E-state index contributed by atoms with van der Waals surface area (Å²) in [5, 5.41) is 45.8. The Kier molecular flexibility index (Phi) is 8.47. The second-order valence-corrected chi connectivity index (χ2v) is 6.91. The maximum absolute atomic E-state index is 11.7. The van der Waals surface area contributed by atoms with Gasteiger partial charge in [-0.25, -0.2) is 0 Å².